The lowest BCUT2D eigenvalue weighted by Crippen LogP contribution is -2.26. The Morgan fingerprint density at radius 1 is 1.20 bits per heavy atom. The van der Waals surface area contributed by atoms with Gasteiger partial charge in [-0.3, -0.25) is 9.88 Å². The van der Waals surface area contributed by atoms with Crippen LogP contribution in [0.1, 0.15) is 31.0 Å². The van der Waals surface area contributed by atoms with Gasteiger partial charge in [0.15, 0.2) is 0 Å². The zero-order valence-corrected chi connectivity index (χ0v) is 14.0. The largest absolute Gasteiger partial charge is 0.298 e. The Kier molecular flexibility index (Phi) is 5.99. The standard InChI is InChI=1S/C17H23BrN2/c1-3-4-10-20(11-9-18)13-15-12-14(2)19-17-8-6-5-7-16(15)17/h5-8,12H,3-4,9-11,13H2,1-2H3. The molecule has 2 aromatic rings. The molecule has 0 N–H and O–H groups in total. The molecular weight excluding hydrogens is 312 g/mol. The average molecular weight is 335 g/mol. The van der Waals surface area contributed by atoms with E-state index in [-0.39, 0.29) is 0 Å². The van der Waals surface area contributed by atoms with Crippen LogP contribution in [0, 0.1) is 6.92 Å². The van der Waals surface area contributed by atoms with E-state index in [1.54, 1.807) is 0 Å². The summed E-state index contributed by atoms with van der Waals surface area (Å²) in [5.74, 6) is 0. The highest BCUT2D eigenvalue weighted by atomic mass is 79.9. The van der Waals surface area contributed by atoms with Gasteiger partial charge in [0.25, 0.3) is 0 Å². The van der Waals surface area contributed by atoms with Gasteiger partial charge in [-0.1, -0.05) is 47.5 Å². The van der Waals surface area contributed by atoms with Crippen LogP contribution in [0.15, 0.2) is 30.3 Å². The van der Waals surface area contributed by atoms with E-state index in [2.05, 4.69) is 70.0 Å². The summed E-state index contributed by atoms with van der Waals surface area (Å²) in [5.41, 5.74) is 3.61. The molecule has 0 saturated heterocycles. The smallest absolute Gasteiger partial charge is 0.0708 e. The molecule has 0 fully saturated rings. The predicted octanol–water partition coefficient (Wildman–Crippen LogP) is 4.54. The molecule has 0 bridgehead atoms. The molecule has 20 heavy (non-hydrogen) atoms. The third-order valence-electron chi connectivity index (χ3n) is 3.55. The second kappa shape index (κ2) is 7.75. The summed E-state index contributed by atoms with van der Waals surface area (Å²) in [5, 5.41) is 2.31. The molecule has 0 atom stereocenters. The summed E-state index contributed by atoms with van der Waals surface area (Å²) in [4.78, 5) is 7.15. The van der Waals surface area contributed by atoms with Crippen molar-refractivity contribution in [1.82, 2.24) is 9.88 Å². The van der Waals surface area contributed by atoms with Crippen LogP contribution in [0.5, 0.6) is 0 Å². The molecule has 2 nitrogen and oxygen atoms in total. The fourth-order valence-corrected chi connectivity index (χ4v) is 3.04. The molecule has 0 radical (unpaired) electrons. The van der Waals surface area contributed by atoms with Crippen molar-refractivity contribution in [2.75, 3.05) is 18.4 Å². The number of para-hydroxylation sites is 1. The van der Waals surface area contributed by atoms with Gasteiger partial charge in [0.1, 0.15) is 0 Å². The van der Waals surface area contributed by atoms with Crippen molar-refractivity contribution in [1.29, 1.82) is 0 Å². The molecular formula is C17H23BrN2. The number of rotatable bonds is 7. The van der Waals surface area contributed by atoms with E-state index in [1.807, 2.05) is 0 Å². The minimum atomic E-state index is 1.01. The first-order valence-corrected chi connectivity index (χ1v) is 8.50. The number of halogens is 1. The van der Waals surface area contributed by atoms with E-state index in [0.29, 0.717) is 0 Å². The van der Waals surface area contributed by atoms with Crippen LogP contribution >= 0.6 is 15.9 Å². The Labute approximate surface area is 130 Å². The molecule has 1 aromatic carbocycles. The number of alkyl halides is 1. The normalized spacial score (nSPS) is 11.4. The first-order valence-electron chi connectivity index (χ1n) is 7.38. The summed E-state index contributed by atoms with van der Waals surface area (Å²) in [6.07, 6.45) is 2.50. The number of nitrogens with zero attached hydrogens (tertiary/aromatic N) is 2. The van der Waals surface area contributed by atoms with E-state index in [4.69, 9.17) is 0 Å². The molecule has 0 unspecified atom stereocenters. The first-order chi connectivity index (χ1) is 9.74. The summed E-state index contributed by atoms with van der Waals surface area (Å²) in [7, 11) is 0. The summed E-state index contributed by atoms with van der Waals surface area (Å²) >= 11 is 3.57. The van der Waals surface area contributed by atoms with Gasteiger partial charge in [-0.05, 0) is 37.6 Å². The van der Waals surface area contributed by atoms with Crippen molar-refractivity contribution >= 4 is 26.8 Å². The number of benzene rings is 1. The molecule has 0 aliphatic carbocycles. The van der Waals surface area contributed by atoms with Gasteiger partial charge in [0.2, 0.25) is 0 Å². The van der Waals surface area contributed by atoms with Crippen molar-refractivity contribution in [2.45, 2.75) is 33.2 Å². The van der Waals surface area contributed by atoms with Crippen LogP contribution < -0.4 is 0 Å². The van der Waals surface area contributed by atoms with E-state index in [9.17, 15) is 0 Å². The molecule has 3 heteroatoms. The molecule has 0 aliphatic heterocycles. The van der Waals surface area contributed by atoms with E-state index in [0.717, 1.165) is 36.2 Å². The minimum absolute atomic E-state index is 1.01. The molecule has 0 aliphatic rings. The Balaban J connectivity index is 2.26. The van der Waals surface area contributed by atoms with Crippen molar-refractivity contribution in [3.8, 4) is 0 Å². The number of hydrogen-bond donors (Lipinski definition) is 0. The van der Waals surface area contributed by atoms with Crippen molar-refractivity contribution in [3.63, 3.8) is 0 Å². The maximum atomic E-state index is 4.62. The fourth-order valence-electron chi connectivity index (χ4n) is 2.54. The lowest BCUT2D eigenvalue weighted by Gasteiger charge is -2.22. The lowest BCUT2D eigenvalue weighted by molar-refractivity contribution is 0.279. The van der Waals surface area contributed by atoms with Crippen LogP contribution in [-0.2, 0) is 6.54 Å². The number of fused-ring (bicyclic) bond motifs is 1. The fraction of sp³-hybridized carbons (Fsp3) is 0.471. The van der Waals surface area contributed by atoms with Crippen LogP contribution in [0.25, 0.3) is 10.9 Å². The molecule has 108 valence electrons. The summed E-state index contributed by atoms with van der Waals surface area (Å²) in [6.45, 7) is 7.60. The quantitative estimate of drug-likeness (QED) is 0.691. The highest BCUT2D eigenvalue weighted by Crippen LogP contribution is 2.20. The van der Waals surface area contributed by atoms with Gasteiger partial charge in [0, 0.05) is 29.5 Å². The van der Waals surface area contributed by atoms with Gasteiger partial charge >= 0.3 is 0 Å². The number of pyridine rings is 1. The Morgan fingerprint density at radius 3 is 2.75 bits per heavy atom. The molecule has 1 heterocycles. The van der Waals surface area contributed by atoms with E-state index < -0.39 is 0 Å². The van der Waals surface area contributed by atoms with Crippen LogP contribution in [0.3, 0.4) is 0 Å². The van der Waals surface area contributed by atoms with Gasteiger partial charge in [-0.15, -0.1) is 0 Å². The van der Waals surface area contributed by atoms with Crippen molar-refractivity contribution < 1.29 is 0 Å². The van der Waals surface area contributed by atoms with Gasteiger partial charge < -0.3 is 0 Å². The zero-order chi connectivity index (χ0) is 14.4. The highest BCUT2D eigenvalue weighted by Gasteiger charge is 2.09. The zero-order valence-electron chi connectivity index (χ0n) is 12.4. The van der Waals surface area contributed by atoms with Crippen molar-refractivity contribution in [3.05, 3.63) is 41.6 Å². The van der Waals surface area contributed by atoms with Gasteiger partial charge in [-0.25, -0.2) is 0 Å². The van der Waals surface area contributed by atoms with Crippen LogP contribution in [0.4, 0.5) is 0 Å². The van der Waals surface area contributed by atoms with Crippen LogP contribution in [-0.4, -0.2) is 28.3 Å². The second-order valence-corrected chi connectivity index (χ2v) is 6.05. The number of aromatic nitrogens is 1. The summed E-state index contributed by atoms with van der Waals surface area (Å²) < 4.78 is 0. The third kappa shape index (κ3) is 4.03. The average Bonchev–Trinajstić information content (AvgIpc) is 2.44. The first kappa shape index (κ1) is 15.5. The predicted molar refractivity (Wildman–Crippen MR) is 90.5 cm³/mol. The number of aryl methyl sites for hydroxylation is 1. The monoisotopic (exact) mass is 334 g/mol. The highest BCUT2D eigenvalue weighted by molar-refractivity contribution is 9.09. The maximum absolute atomic E-state index is 4.62. The molecule has 0 amide bonds. The van der Waals surface area contributed by atoms with Crippen LogP contribution in [0.2, 0.25) is 0 Å². The van der Waals surface area contributed by atoms with E-state index >= 15 is 0 Å². The topological polar surface area (TPSA) is 16.1 Å². The molecule has 1 aromatic heterocycles. The lowest BCUT2D eigenvalue weighted by atomic mass is 10.1. The minimum Gasteiger partial charge on any atom is -0.298 e. The Morgan fingerprint density at radius 2 is 2.00 bits per heavy atom. The van der Waals surface area contributed by atoms with E-state index in [1.165, 1.54) is 23.8 Å². The van der Waals surface area contributed by atoms with Gasteiger partial charge in [-0.2, -0.15) is 0 Å². The molecule has 2 rings (SSSR count). The third-order valence-corrected chi connectivity index (χ3v) is 3.91. The molecule has 0 spiro atoms. The maximum Gasteiger partial charge on any atom is 0.0708 e. The number of hydrogen-bond acceptors (Lipinski definition) is 2. The van der Waals surface area contributed by atoms with Crippen molar-refractivity contribution in [2.24, 2.45) is 0 Å². The Bertz CT molecular complexity index is 554. The molecule has 0 saturated carbocycles. The second-order valence-electron chi connectivity index (χ2n) is 5.26. The number of unbranched alkanes of at least 4 members (excludes halogenated alkanes) is 1. The van der Waals surface area contributed by atoms with Gasteiger partial charge in [0.05, 0.1) is 5.52 Å². The Hall–Kier alpha value is -0.930. The summed E-state index contributed by atoms with van der Waals surface area (Å²) in [6, 6.07) is 10.7. The SMILES string of the molecule is CCCCN(CCBr)Cc1cc(C)nc2ccccc12.